The first-order valence-electron chi connectivity index (χ1n) is 11.8. The van der Waals surface area contributed by atoms with Crippen molar-refractivity contribution in [2.24, 2.45) is 0 Å². The number of likely N-dealkylation sites (tertiary alicyclic amines) is 1. The molecule has 1 aromatic carbocycles. The van der Waals surface area contributed by atoms with Gasteiger partial charge in [-0.05, 0) is 43.5 Å². The van der Waals surface area contributed by atoms with Crippen LogP contribution < -0.4 is 5.32 Å². The molecule has 0 radical (unpaired) electrons. The number of benzene rings is 1. The lowest BCUT2D eigenvalue weighted by Crippen LogP contribution is -2.39. The maximum Gasteiger partial charge on any atom is 0.324 e. The minimum Gasteiger partial charge on any atom is -0.393 e. The molecule has 3 amide bonds. The van der Waals surface area contributed by atoms with E-state index in [9.17, 15) is 19.5 Å². The molecule has 36 heavy (non-hydrogen) atoms. The minimum absolute atomic E-state index is 0.0107. The van der Waals surface area contributed by atoms with Gasteiger partial charge in [-0.15, -0.1) is 0 Å². The Balaban J connectivity index is 1.55. The first-order valence-corrected chi connectivity index (χ1v) is 11.8. The van der Waals surface area contributed by atoms with Crippen LogP contribution in [0.15, 0.2) is 36.5 Å². The number of imide groups is 1. The summed E-state index contributed by atoms with van der Waals surface area (Å²) in [6, 6.07) is 8.57. The highest BCUT2D eigenvalue weighted by Gasteiger charge is 2.28. The van der Waals surface area contributed by atoms with Gasteiger partial charge in [-0.3, -0.25) is 24.8 Å². The zero-order valence-electron chi connectivity index (χ0n) is 19.9. The van der Waals surface area contributed by atoms with Crippen LogP contribution in [0.5, 0.6) is 0 Å². The molecule has 2 aliphatic heterocycles. The van der Waals surface area contributed by atoms with E-state index >= 15 is 0 Å². The molecule has 2 fully saturated rings. The summed E-state index contributed by atoms with van der Waals surface area (Å²) in [6.07, 6.45) is 2.62. The summed E-state index contributed by atoms with van der Waals surface area (Å²) < 4.78 is 1.95. The lowest BCUT2D eigenvalue weighted by Gasteiger charge is -2.28. The zero-order chi connectivity index (χ0) is 25.4. The maximum absolute atomic E-state index is 13.5. The van der Waals surface area contributed by atoms with Gasteiger partial charge in [-0.25, -0.2) is 9.64 Å². The summed E-state index contributed by atoms with van der Waals surface area (Å²) in [7, 11) is 0. The number of piperidine rings is 1. The van der Waals surface area contributed by atoms with Crippen molar-refractivity contribution in [3.63, 3.8) is 0 Å². The summed E-state index contributed by atoms with van der Waals surface area (Å²) in [6.45, 7) is 10.9. The van der Waals surface area contributed by atoms with Crippen molar-refractivity contribution < 1.29 is 19.5 Å². The number of rotatable bonds is 6. The molecule has 10 nitrogen and oxygen atoms in total. The third kappa shape index (κ3) is 4.46. The molecular weight excluding hydrogens is 460 g/mol. The van der Waals surface area contributed by atoms with Crippen LogP contribution in [0.1, 0.15) is 34.5 Å². The molecule has 0 atom stereocenters. The number of ketones is 1. The Morgan fingerprint density at radius 3 is 2.58 bits per heavy atom. The van der Waals surface area contributed by atoms with Crippen molar-refractivity contribution in [3.05, 3.63) is 64.8 Å². The van der Waals surface area contributed by atoms with E-state index in [-0.39, 0.29) is 37.4 Å². The van der Waals surface area contributed by atoms with Crippen molar-refractivity contribution in [1.82, 2.24) is 24.7 Å². The van der Waals surface area contributed by atoms with Gasteiger partial charge in [-0.1, -0.05) is 12.1 Å². The van der Waals surface area contributed by atoms with Gasteiger partial charge >= 0.3 is 6.03 Å². The number of Topliss-reactive ketones (excluding diaryl/α,β-unsaturated/α-hetero) is 1. The van der Waals surface area contributed by atoms with Gasteiger partial charge in [-0.2, -0.15) is 0 Å². The molecule has 10 heteroatoms. The number of fused-ring (bicyclic) bond motifs is 1. The van der Waals surface area contributed by atoms with Gasteiger partial charge in [0.15, 0.2) is 11.5 Å². The largest absolute Gasteiger partial charge is 0.393 e. The van der Waals surface area contributed by atoms with Gasteiger partial charge in [0.2, 0.25) is 5.91 Å². The zero-order valence-corrected chi connectivity index (χ0v) is 19.9. The van der Waals surface area contributed by atoms with E-state index in [1.165, 1.54) is 4.90 Å². The Hall–Kier alpha value is -4.07. The predicted molar refractivity (Wildman–Crippen MR) is 132 cm³/mol. The molecule has 3 aromatic rings. The van der Waals surface area contributed by atoms with E-state index in [0.717, 1.165) is 16.9 Å². The molecule has 184 valence electrons. The van der Waals surface area contributed by atoms with E-state index in [4.69, 9.17) is 6.57 Å². The normalized spacial score (nSPS) is 17.0. The number of pyridine rings is 1. The number of urea groups is 1. The highest BCUT2D eigenvalue weighted by molar-refractivity contribution is 6.09. The third-order valence-electron chi connectivity index (χ3n) is 6.78. The number of aliphatic hydroxyl groups is 1. The summed E-state index contributed by atoms with van der Waals surface area (Å²) in [4.78, 5) is 48.7. The quantitative estimate of drug-likeness (QED) is 0.315. The average Bonchev–Trinajstić information content (AvgIpc) is 3.34. The second kappa shape index (κ2) is 9.53. The predicted octanol–water partition coefficient (Wildman–Crippen LogP) is 2.58. The van der Waals surface area contributed by atoms with Crippen LogP contribution in [0.2, 0.25) is 0 Å². The molecule has 0 saturated carbocycles. The van der Waals surface area contributed by atoms with E-state index in [0.29, 0.717) is 48.2 Å². The van der Waals surface area contributed by atoms with Gasteiger partial charge in [0.05, 0.1) is 35.8 Å². The van der Waals surface area contributed by atoms with E-state index < -0.39 is 6.03 Å². The smallest absolute Gasteiger partial charge is 0.324 e. The van der Waals surface area contributed by atoms with Crippen LogP contribution in [-0.2, 0) is 11.3 Å². The standard InChI is InChI=1S/C26H26N6O4/c1-16-24(22(34)14-30-9-7-20(33)8-10-30)25-21(32(16)19-5-3-18(27-2)4-6-19)11-17(12-28-25)13-31-15-23(35)29-26(31)36/h3-6,11-12,20,33H,7-10,13-15H2,1H3,(H,29,35,36). The van der Waals surface area contributed by atoms with Crippen molar-refractivity contribution >= 4 is 34.4 Å². The number of hydrogen-bond acceptors (Lipinski definition) is 6. The van der Waals surface area contributed by atoms with Crippen LogP contribution >= 0.6 is 0 Å². The number of carbonyl (C=O) groups is 3. The van der Waals surface area contributed by atoms with Crippen molar-refractivity contribution in [2.45, 2.75) is 32.4 Å². The van der Waals surface area contributed by atoms with Crippen LogP contribution in [-0.4, -0.2) is 74.5 Å². The topological polar surface area (TPSA) is 112 Å². The summed E-state index contributed by atoms with van der Waals surface area (Å²) in [5.41, 5.74) is 4.58. The SMILES string of the molecule is [C-]#[N+]c1ccc(-n2c(C)c(C(=O)CN3CCC(O)CC3)c3ncc(CN4CC(=O)NC4=O)cc32)cc1. The molecule has 2 saturated heterocycles. The molecule has 2 N–H and O–H groups in total. The number of aliphatic hydroxyl groups excluding tert-OH is 1. The fraction of sp³-hybridized carbons (Fsp3) is 0.346. The Labute approximate surface area is 207 Å². The molecule has 0 spiro atoms. The van der Waals surface area contributed by atoms with Crippen molar-refractivity contribution in [1.29, 1.82) is 0 Å². The van der Waals surface area contributed by atoms with Crippen molar-refractivity contribution in [2.75, 3.05) is 26.2 Å². The van der Waals surface area contributed by atoms with E-state index in [1.807, 2.05) is 29.7 Å². The Kier molecular flexibility index (Phi) is 6.26. The molecule has 0 bridgehead atoms. The molecule has 2 aliphatic rings. The van der Waals surface area contributed by atoms with Gasteiger partial charge in [0.25, 0.3) is 0 Å². The molecule has 0 unspecified atom stereocenters. The first kappa shape index (κ1) is 23.7. The highest BCUT2D eigenvalue weighted by atomic mass is 16.3. The number of amides is 3. The fourth-order valence-corrected chi connectivity index (χ4v) is 4.94. The number of aromatic nitrogens is 2. The highest BCUT2D eigenvalue weighted by Crippen LogP contribution is 2.30. The number of hydrogen-bond donors (Lipinski definition) is 2. The second-order valence-corrected chi connectivity index (χ2v) is 9.28. The Bertz CT molecular complexity index is 1400. The van der Waals surface area contributed by atoms with Crippen LogP contribution in [0, 0.1) is 13.5 Å². The van der Waals surface area contributed by atoms with Gasteiger partial charge in [0, 0.05) is 37.2 Å². The lowest BCUT2D eigenvalue weighted by atomic mass is 10.1. The third-order valence-corrected chi connectivity index (χ3v) is 6.78. The van der Waals surface area contributed by atoms with Crippen LogP contribution in [0.4, 0.5) is 10.5 Å². The Morgan fingerprint density at radius 2 is 1.94 bits per heavy atom. The molecule has 5 rings (SSSR count). The van der Waals surface area contributed by atoms with Crippen LogP contribution in [0.25, 0.3) is 21.6 Å². The number of carbonyl (C=O) groups excluding carboxylic acids is 3. The molecular formula is C26H26N6O4. The lowest BCUT2D eigenvalue weighted by molar-refractivity contribution is -0.118. The summed E-state index contributed by atoms with van der Waals surface area (Å²) in [5, 5.41) is 12.1. The second-order valence-electron chi connectivity index (χ2n) is 9.28. The van der Waals surface area contributed by atoms with E-state index in [2.05, 4.69) is 20.0 Å². The molecule has 2 aromatic heterocycles. The van der Waals surface area contributed by atoms with Gasteiger partial charge in [0.1, 0.15) is 6.54 Å². The minimum atomic E-state index is -0.441. The first-order chi connectivity index (χ1) is 17.3. The average molecular weight is 487 g/mol. The fourth-order valence-electron chi connectivity index (χ4n) is 4.94. The van der Waals surface area contributed by atoms with Crippen molar-refractivity contribution in [3.8, 4) is 5.69 Å². The molecule has 0 aliphatic carbocycles. The van der Waals surface area contributed by atoms with Gasteiger partial charge < -0.3 is 14.6 Å². The summed E-state index contributed by atoms with van der Waals surface area (Å²) >= 11 is 0. The number of nitrogens with one attached hydrogen (secondary N) is 1. The Morgan fingerprint density at radius 1 is 1.22 bits per heavy atom. The maximum atomic E-state index is 13.5. The van der Waals surface area contributed by atoms with Crippen LogP contribution in [0.3, 0.4) is 0 Å². The number of nitrogens with zero attached hydrogens (tertiary/aromatic N) is 5. The summed E-state index contributed by atoms with van der Waals surface area (Å²) in [5.74, 6) is -0.388. The van der Waals surface area contributed by atoms with E-state index in [1.54, 1.807) is 18.3 Å². The monoisotopic (exact) mass is 486 g/mol. The molecule has 4 heterocycles.